The predicted octanol–water partition coefficient (Wildman–Crippen LogP) is 4.66. The molecule has 0 bridgehead atoms. The lowest BCUT2D eigenvalue weighted by atomic mass is 9.72. The Balaban J connectivity index is 1.45. The van der Waals surface area contributed by atoms with Gasteiger partial charge in [-0.2, -0.15) is 0 Å². The van der Waals surface area contributed by atoms with E-state index in [0.717, 1.165) is 42.6 Å². The number of amides is 2. The molecule has 2 aromatic rings. The van der Waals surface area contributed by atoms with E-state index in [-0.39, 0.29) is 5.92 Å². The molecule has 2 saturated heterocycles. The number of hydrogen-bond acceptors (Lipinski definition) is 6. The van der Waals surface area contributed by atoms with Gasteiger partial charge in [0, 0.05) is 11.1 Å². The number of hydrogen-bond donors (Lipinski definition) is 2. The third-order valence-electron chi connectivity index (χ3n) is 8.71. The zero-order valence-corrected chi connectivity index (χ0v) is 22.0. The van der Waals surface area contributed by atoms with Crippen LogP contribution in [-0.4, -0.2) is 41.6 Å². The summed E-state index contributed by atoms with van der Waals surface area (Å²) in [6.07, 6.45) is 5.35. The molecule has 4 unspecified atom stereocenters. The van der Waals surface area contributed by atoms with Crippen molar-refractivity contribution in [3.05, 3.63) is 52.5 Å². The topological polar surface area (TPSA) is 105 Å². The number of aliphatic carboxylic acids is 1. The minimum absolute atomic E-state index is 0.165. The number of rotatable bonds is 5. The van der Waals surface area contributed by atoms with E-state index in [9.17, 15) is 19.5 Å². The highest BCUT2D eigenvalue weighted by atomic mass is 35.5. The number of ether oxygens (including phenoxy) is 2. The van der Waals surface area contributed by atoms with Gasteiger partial charge in [-0.3, -0.25) is 19.7 Å². The molecule has 3 fully saturated rings. The number of carboxylic acids is 1. The van der Waals surface area contributed by atoms with E-state index in [1.807, 2.05) is 13.0 Å². The van der Waals surface area contributed by atoms with E-state index < -0.39 is 41.2 Å². The number of halogens is 1. The van der Waals surface area contributed by atoms with Gasteiger partial charge < -0.3 is 14.6 Å². The van der Waals surface area contributed by atoms with Crippen molar-refractivity contribution in [3.63, 3.8) is 0 Å². The molecule has 200 valence electrons. The van der Waals surface area contributed by atoms with Crippen LogP contribution in [0.5, 0.6) is 11.5 Å². The molecule has 6 rings (SSSR count). The molecule has 1 aliphatic carbocycles. The zero-order chi connectivity index (χ0) is 26.6. The molecule has 2 amide bonds. The summed E-state index contributed by atoms with van der Waals surface area (Å²) in [6, 6.07) is 9.77. The van der Waals surface area contributed by atoms with Crippen molar-refractivity contribution in [2.45, 2.75) is 57.0 Å². The normalized spacial score (nSPS) is 29.0. The lowest BCUT2D eigenvalue weighted by Crippen LogP contribution is -2.57. The molecule has 0 aromatic heterocycles. The number of anilines is 1. The number of imide groups is 1. The molecule has 8 nitrogen and oxygen atoms in total. The molecule has 38 heavy (non-hydrogen) atoms. The number of fused-ring (bicyclic) bond motifs is 2. The van der Waals surface area contributed by atoms with Gasteiger partial charge >= 0.3 is 5.97 Å². The number of carbonyl (C=O) groups excluding carboxylic acids is 2. The summed E-state index contributed by atoms with van der Waals surface area (Å²) < 4.78 is 11.4. The van der Waals surface area contributed by atoms with Crippen LogP contribution in [0.2, 0.25) is 5.02 Å². The van der Waals surface area contributed by atoms with Gasteiger partial charge in [0.25, 0.3) is 0 Å². The fourth-order valence-corrected chi connectivity index (χ4v) is 7.01. The zero-order valence-electron chi connectivity index (χ0n) is 21.2. The first-order chi connectivity index (χ1) is 18.3. The first-order valence-corrected chi connectivity index (χ1v) is 13.7. The van der Waals surface area contributed by atoms with Gasteiger partial charge in [-0.25, -0.2) is 4.90 Å². The summed E-state index contributed by atoms with van der Waals surface area (Å²) >= 11 is 6.35. The Kier molecular flexibility index (Phi) is 6.35. The van der Waals surface area contributed by atoms with Gasteiger partial charge in [-0.05, 0) is 54.7 Å². The smallest absolute Gasteiger partial charge is 0.324 e. The monoisotopic (exact) mass is 538 g/mol. The SMILES string of the molecule is Cc1ccc(N2C(=O)C3C(c4ccc5c(c4)OCCO5)NC(CC4CCCCC4)(C(=O)O)C3C2=O)cc1Cl. The van der Waals surface area contributed by atoms with E-state index in [0.29, 0.717) is 47.4 Å². The first-order valence-electron chi connectivity index (χ1n) is 13.3. The molecule has 3 aliphatic heterocycles. The summed E-state index contributed by atoms with van der Waals surface area (Å²) in [7, 11) is 0. The second kappa shape index (κ2) is 9.58. The van der Waals surface area contributed by atoms with Crippen LogP contribution in [0.25, 0.3) is 0 Å². The highest BCUT2D eigenvalue weighted by molar-refractivity contribution is 6.32. The van der Waals surface area contributed by atoms with Crippen molar-refractivity contribution in [2.75, 3.05) is 18.1 Å². The maximum atomic E-state index is 14.1. The minimum atomic E-state index is -1.57. The van der Waals surface area contributed by atoms with Crippen LogP contribution >= 0.6 is 11.6 Å². The Bertz CT molecular complexity index is 1310. The second-order valence-electron chi connectivity index (χ2n) is 11.0. The summed E-state index contributed by atoms with van der Waals surface area (Å²) in [4.78, 5) is 42.4. The maximum absolute atomic E-state index is 14.1. The number of carbonyl (C=O) groups is 3. The predicted molar refractivity (Wildman–Crippen MR) is 141 cm³/mol. The van der Waals surface area contributed by atoms with Crippen molar-refractivity contribution in [3.8, 4) is 11.5 Å². The average Bonchev–Trinajstić information content (AvgIpc) is 3.40. The standard InChI is InChI=1S/C29H31ClN2O6/c1-16-7-9-19(14-20(16)30)32-26(33)23-24(27(32)34)29(28(35)36,15-17-5-3-2-4-6-17)31-25(23)18-8-10-21-22(13-18)38-12-11-37-21/h7-10,13-14,17,23-25,31H,2-6,11-12,15H2,1H3,(H,35,36). The Morgan fingerprint density at radius 1 is 1.05 bits per heavy atom. The second-order valence-corrected chi connectivity index (χ2v) is 11.4. The number of aryl methyl sites for hydroxylation is 1. The van der Waals surface area contributed by atoms with E-state index >= 15 is 0 Å². The highest BCUT2D eigenvalue weighted by Crippen LogP contribution is 2.53. The number of benzene rings is 2. The molecular weight excluding hydrogens is 508 g/mol. The maximum Gasteiger partial charge on any atom is 0.324 e. The van der Waals surface area contributed by atoms with E-state index in [1.54, 1.807) is 30.3 Å². The Morgan fingerprint density at radius 2 is 1.79 bits per heavy atom. The van der Waals surface area contributed by atoms with Gasteiger partial charge in [-0.15, -0.1) is 0 Å². The average molecular weight is 539 g/mol. The highest BCUT2D eigenvalue weighted by Gasteiger charge is 2.69. The molecule has 9 heteroatoms. The van der Waals surface area contributed by atoms with Gasteiger partial charge in [0.1, 0.15) is 18.8 Å². The quantitative estimate of drug-likeness (QED) is 0.533. The fraction of sp³-hybridized carbons (Fsp3) is 0.483. The van der Waals surface area contributed by atoms with Gasteiger partial charge in [0.15, 0.2) is 11.5 Å². The first kappa shape index (κ1) is 25.2. The summed E-state index contributed by atoms with van der Waals surface area (Å²) in [5.74, 6) is -2.62. The molecule has 4 aliphatic rings. The van der Waals surface area contributed by atoms with Crippen molar-refractivity contribution in [1.82, 2.24) is 5.32 Å². The molecule has 2 aromatic carbocycles. The lowest BCUT2D eigenvalue weighted by Gasteiger charge is -2.35. The third-order valence-corrected chi connectivity index (χ3v) is 9.12. The van der Waals surface area contributed by atoms with Crippen molar-refractivity contribution >= 4 is 35.1 Å². The summed E-state index contributed by atoms with van der Waals surface area (Å²) in [6.45, 7) is 2.69. The van der Waals surface area contributed by atoms with Crippen LogP contribution in [0, 0.1) is 24.7 Å². The van der Waals surface area contributed by atoms with Crippen LogP contribution in [0.4, 0.5) is 5.69 Å². The fourth-order valence-electron chi connectivity index (χ4n) is 6.84. The Morgan fingerprint density at radius 3 is 2.50 bits per heavy atom. The van der Waals surface area contributed by atoms with Crippen molar-refractivity contribution in [2.24, 2.45) is 17.8 Å². The van der Waals surface area contributed by atoms with Crippen molar-refractivity contribution < 1.29 is 29.0 Å². The number of nitrogens with one attached hydrogen (secondary N) is 1. The van der Waals surface area contributed by atoms with Gasteiger partial charge in [-0.1, -0.05) is 55.8 Å². The summed E-state index contributed by atoms with van der Waals surface area (Å²) in [5, 5.41) is 14.5. The third kappa shape index (κ3) is 3.96. The number of nitrogens with zero attached hydrogens (tertiary/aromatic N) is 1. The van der Waals surface area contributed by atoms with Crippen LogP contribution in [0.3, 0.4) is 0 Å². The van der Waals surface area contributed by atoms with E-state index in [2.05, 4.69) is 5.32 Å². The largest absolute Gasteiger partial charge is 0.486 e. The molecule has 0 radical (unpaired) electrons. The van der Waals surface area contributed by atoms with E-state index in [1.165, 1.54) is 0 Å². The van der Waals surface area contributed by atoms with Crippen LogP contribution in [0.1, 0.15) is 55.7 Å². The van der Waals surface area contributed by atoms with Crippen LogP contribution in [-0.2, 0) is 14.4 Å². The van der Waals surface area contributed by atoms with Gasteiger partial charge in [0.2, 0.25) is 11.8 Å². The Hall–Kier alpha value is -3.10. The molecule has 3 heterocycles. The molecule has 4 atom stereocenters. The molecule has 1 saturated carbocycles. The number of carboxylic acid groups (broad SMARTS) is 1. The van der Waals surface area contributed by atoms with Crippen LogP contribution in [0.15, 0.2) is 36.4 Å². The van der Waals surface area contributed by atoms with Crippen LogP contribution < -0.4 is 19.7 Å². The molecular formula is C29H31ClN2O6. The summed E-state index contributed by atoms with van der Waals surface area (Å²) in [5.41, 5.74) is 0.312. The van der Waals surface area contributed by atoms with Gasteiger partial charge in [0.05, 0.1) is 17.5 Å². The lowest BCUT2D eigenvalue weighted by molar-refractivity contribution is -0.150. The Labute approximate surface area is 226 Å². The molecule has 2 N–H and O–H groups in total. The molecule has 0 spiro atoms. The van der Waals surface area contributed by atoms with Crippen molar-refractivity contribution in [1.29, 1.82) is 0 Å². The van der Waals surface area contributed by atoms with E-state index in [4.69, 9.17) is 21.1 Å². The minimum Gasteiger partial charge on any atom is -0.486 e.